The van der Waals surface area contributed by atoms with Gasteiger partial charge in [-0.25, -0.2) is 4.79 Å². The van der Waals surface area contributed by atoms with Crippen molar-refractivity contribution in [1.82, 2.24) is 5.32 Å². The molecule has 0 saturated carbocycles. The van der Waals surface area contributed by atoms with Crippen LogP contribution in [0.25, 0.3) is 11.1 Å². The Kier molecular flexibility index (Phi) is 7.32. The van der Waals surface area contributed by atoms with Crippen LogP contribution in [-0.2, 0) is 11.3 Å². The second-order valence-corrected chi connectivity index (χ2v) is 14.2. The highest BCUT2D eigenvalue weighted by Gasteiger charge is 2.16. The summed E-state index contributed by atoms with van der Waals surface area (Å²) >= 11 is 0. The summed E-state index contributed by atoms with van der Waals surface area (Å²) in [6, 6.07) is 22.5. The molecule has 4 N–H and O–H groups in total. The molecule has 32 heavy (non-hydrogen) atoms. The van der Waals surface area contributed by atoms with Gasteiger partial charge in [-0.1, -0.05) is 68.2 Å². The van der Waals surface area contributed by atoms with Crippen LogP contribution in [0.4, 0.5) is 16.2 Å². The SMILES string of the molecule is C[Si](C)(C)COC(=O)NCc1ccc(C(=O)Nc2cc(-c3ccccc3)ccc2N)cc1. The van der Waals surface area contributed by atoms with Crippen molar-refractivity contribution in [1.29, 1.82) is 0 Å². The first-order chi connectivity index (χ1) is 15.2. The Bertz CT molecular complexity index is 1080. The van der Waals surface area contributed by atoms with Crippen molar-refractivity contribution in [3.63, 3.8) is 0 Å². The molecule has 7 heteroatoms. The number of rotatable bonds is 7. The lowest BCUT2D eigenvalue weighted by Gasteiger charge is -2.16. The Labute approximate surface area is 189 Å². The molecular formula is C25H29N3O3Si. The van der Waals surface area contributed by atoms with Crippen LogP contribution in [0.2, 0.25) is 19.6 Å². The van der Waals surface area contributed by atoms with Gasteiger partial charge in [-0.2, -0.15) is 0 Å². The second kappa shape index (κ2) is 10.1. The van der Waals surface area contributed by atoms with Gasteiger partial charge < -0.3 is 21.1 Å². The Morgan fingerprint density at radius 1 is 0.906 bits per heavy atom. The Balaban J connectivity index is 1.60. The number of carbonyl (C=O) groups excluding carboxylic acids is 2. The Hall–Kier alpha value is -3.58. The van der Waals surface area contributed by atoms with Crippen LogP contribution in [0.5, 0.6) is 0 Å². The number of anilines is 2. The number of hydrogen-bond acceptors (Lipinski definition) is 4. The molecule has 0 aromatic heterocycles. The highest BCUT2D eigenvalue weighted by atomic mass is 28.3. The van der Waals surface area contributed by atoms with E-state index in [0.29, 0.717) is 29.7 Å². The molecule has 2 amide bonds. The van der Waals surface area contributed by atoms with Gasteiger partial charge in [0.15, 0.2) is 0 Å². The lowest BCUT2D eigenvalue weighted by Crippen LogP contribution is -2.33. The van der Waals surface area contributed by atoms with Gasteiger partial charge in [0.2, 0.25) is 0 Å². The molecule has 0 atom stereocenters. The van der Waals surface area contributed by atoms with Gasteiger partial charge in [-0.3, -0.25) is 4.79 Å². The number of amides is 2. The summed E-state index contributed by atoms with van der Waals surface area (Å²) < 4.78 is 5.25. The highest BCUT2D eigenvalue weighted by Crippen LogP contribution is 2.27. The summed E-state index contributed by atoms with van der Waals surface area (Å²) in [6.07, 6.45) is 0.0510. The second-order valence-electron chi connectivity index (χ2n) is 8.81. The van der Waals surface area contributed by atoms with E-state index in [0.717, 1.165) is 16.7 Å². The molecule has 0 spiro atoms. The van der Waals surface area contributed by atoms with E-state index >= 15 is 0 Å². The largest absolute Gasteiger partial charge is 0.453 e. The number of nitrogens with two attached hydrogens (primary N) is 1. The molecular weight excluding hydrogens is 418 g/mol. The van der Waals surface area contributed by atoms with Gasteiger partial charge >= 0.3 is 6.09 Å². The molecule has 0 bridgehead atoms. The predicted molar refractivity (Wildman–Crippen MR) is 132 cm³/mol. The van der Waals surface area contributed by atoms with Crippen molar-refractivity contribution in [2.24, 2.45) is 0 Å². The van der Waals surface area contributed by atoms with E-state index < -0.39 is 14.2 Å². The van der Waals surface area contributed by atoms with E-state index in [4.69, 9.17) is 10.5 Å². The molecule has 166 valence electrons. The topological polar surface area (TPSA) is 93.4 Å². The number of benzene rings is 3. The average Bonchev–Trinajstić information content (AvgIpc) is 2.78. The zero-order valence-electron chi connectivity index (χ0n) is 18.6. The van der Waals surface area contributed by atoms with Gasteiger partial charge in [0.25, 0.3) is 5.91 Å². The van der Waals surface area contributed by atoms with Crippen molar-refractivity contribution in [3.05, 3.63) is 83.9 Å². The molecule has 0 saturated heterocycles. The number of ether oxygens (including phenoxy) is 1. The zero-order valence-corrected chi connectivity index (χ0v) is 19.6. The fourth-order valence-corrected chi connectivity index (χ4v) is 3.51. The summed E-state index contributed by atoms with van der Waals surface area (Å²) in [6.45, 7) is 6.74. The van der Waals surface area contributed by atoms with Crippen LogP contribution in [0.3, 0.4) is 0 Å². The van der Waals surface area contributed by atoms with Crippen molar-refractivity contribution >= 4 is 31.4 Å². The standard InChI is InChI=1S/C25H29N3O3Si/c1-32(2,3)17-31-25(30)27-16-18-9-11-20(12-10-18)24(29)28-23-15-21(13-14-22(23)26)19-7-5-4-6-8-19/h4-15H,16-17,26H2,1-3H3,(H,27,30)(H,28,29). The van der Waals surface area contributed by atoms with Crippen molar-refractivity contribution in [2.45, 2.75) is 26.2 Å². The van der Waals surface area contributed by atoms with E-state index in [1.165, 1.54) is 0 Å². The summed E-state index contributed by atoms with van der Waals surface area (Å²) in [5.74, 6) is -0.254. The van der Waals surface area contributed by atoms with Crippen molar-refractivity contribution in [3.8, 4) is 11.1 Å². The number of nitrogens with one attached hydrogen (secondary N) is 2. The molecule has 6 nitrogen and oxygen atoms in total. The summed E-state index contributed by atoms with van der Waals surface area (Å²) in [4.78, 5) is 24.5. The molecule has 3 aromatic rings. The number of carbonyl (C=O) groups is 2. The summed E-state index contributed by atoms with van der Waals surface area (Å²) in [7, 11) is -1.44. The molecule has 0 aliphatic rings. The van der Waals surface area contributed by atoms with Gasteiger partial charge in [0.05, 0.1) is 25.7 Å². The average molecular weight is 448 g/mol. The lowest BCUT2D eigenvalue weighted by molar-refractivity contribution is 0.102. The molecule has 0 aliphatic carbocycles. The third-order valence-electron chi connectivity index (χ3n) is 4.70. The molecule has 0 unspecified atom stereocenters. The van der Waals surface area contributed by atoms with Gasteiger partial charge in [0.1, 0.15) is 0 Å². The van der Waals surface area contributed by atoms with E-state index in [1.54, 1.807) is 30.3 Å². The maximum absolute atomic E-state index is 12.7. The first-order valence-electron chi connectivity index (χ1n) is 10.5. The van der Waals surface area contributed by atoms with Crippen LogP contribution in [-0.4, -0.2) is 26.3 Å². The molecule has 0 heterocycles. The van der Waals surface area contributed by atoms with E-state index in [1.807, 2.05) is 42.5 Å². The van der Waals surface area contributed by atoms with Crippen LogP contribution in [0.15, 0.2) is 72.8 Å². The molecule has 3 rings (SSSR count). The Morgan fingerprint density at radius 2 is 1.59 bits per heavy atom. The minimum atomic E-state index is -1.44. The fourth-order valence-electron chi connectivity index (χ4n) is 2.95. The zero-order chi connectivity index (χ0) is 23.1. The van der Waals surface area contributed by atoms with Gasteiger partial charge in [-0.05, 0) is 41.0 Å². The summed E-state index contributed by atoms with van der Waals surface area (Å²) in [5.41, 5.74) is 10.5. The van der Waals surface area contributed by atoms with Gasteiger partial charge in [0, 0.05) is 12.1 Å². The van der Waals surface area contributed by atoms with Crippen LogP contribution in [0.1, 0.15) is 15.9 Å². The summed E-state index contributed by atoms with van der Waals surface area (Å²) in [5, 5.41) is 5.62. The highest BCUT2D eigenvalue weighted by molar-refractivity contribution is 6.76. The van der Waals surface area contributed by atoms with Gasteiger partial charge in [-0.15, -0.1) is 0 Å². The third-order valence-corrected chi connectivity index (χ3v) is 5.71. The Morgan fingerprint density at radius 3 is 2.25 bits per heavy atom. The maximum atomic E-state index is 12.7. The number of hydrogen-bond donors (Lipinski definition) is 3. The van der Waals surface area contributed by atoms with E-state index in [9.17, 15) is 9.59 Å². The maximum Gasteiger partial charge on any atom is 0.407 e. The molecule has 0 radical (unpaired) electrons. The third kappa shape index (κ3) is 6.71. The van der Waals surface area contributed by atoms with Crippen molar-refractivity contribution in [2.75, 3.05) is 17.3 Å². The van der Waals surface area contributed by atoms with Crippen LogP contribution in [0, 0.1) is 0 Å². The van der Waals surface area contributed by atoms with Crippen LogP contribution >= 0.6 is 0 Å². The first-order valence-corrected chi connectivity index (χ1v) is 14.2. The predicted octanol–water partition coefficient (Wildman–Crippen LogP) is 5.29. The lowest BCUT2D eigenvalue weighted by atomic mass is 10.0. The number of alkyl carbamates (subject to hydrolysis) is 1. The van der Waals surface area contributed by atoms with Crippen molar-refractivity contribution < 1.29 is 14.3 Å². The molecule has 0 aliphatic heterocycles. The van der Waals surface area contributed by atoms with E-state index in [-0.39, 0.29) is 5.91 Å². The molecule has 0 fully saturated rings. The first kappa shape index (κ1) is 23.1. The molecule has 3 aromatic carbocycles. The monoisotopic (exact) mass is 447 g/mol. The smallest absolute Gasteiger partial charge is 0.407 e. The normalized spacial score (nSPS) is 11.0. The van der Waals surface area contributed by atoms with Crippen LogP contribution < -0.4 is 16.4 Å². The van der Waals surface area contributed by atoms with E-state index in [2.05, 4.69) is 30.3 Å². The minimum absolute atomic E-state index is 0.254. The number of nitrogen functional groups attached to an aromatic ring is 1. The minimum Gasteiger partial charge on any atom is -0.453 e. The quantitative estimate of drug-likeness (QED) is 0.339. The fraction of sp³-hybridized carbons (Fsp3) is 0.200.